The van der Waals surface area contributed by atoms with E-state index in [1.54, 1.807) is 11.6 Å². The van der Waals surface area contributed by atoms with Crippen LogP contribution in [0.5, 0.6) is 5.75 Å². The fourth-order valence-corrected chi connectivity index (χ4v) is 4.62. The van der Waals surface area contributed by atoms with Crippen molar-refractivity contribution in [2.24, 2.45) is 11.8 Å². The molecule has 2 fully saturated rings. The van der Waals surface area contributed by atoms with E-state index in [1.165, 1.54) is 44.9 Å². The van der Waals surface area contributed by atoms with Crippen LogP contribution in [0.25, 0.3) is 0 Å². The Balaban J connectivity index is 1.72. The molecule has 0 unspecified atom stereocenters. The summed E-state index contributed by atoms with van der Waals surface area (Å²) in [5, 5.41) is 10.2. The Kier molecular flexibility index (Phi) is 3.50. The lowest BCUT2D eigenvalue weighted by atomic mass is 9.68. The Bertz CT molecular complexity index is 548. The lowest BCUT2D eigenvalue weighted by Crippen LogP contribution is -2.41. The molecule has 4 atom stereocenters. The topological polar surface area (TPSA) is 29.5 Å². The second-order valence-corrected chi connectivity index (χ2v) is 6.79. The van der Waals surface area contributed by atoms with E-state index in [0.29, 0.717) is 23.7 Å². The predicted octanol–water partition coefficient (Wildman–Crippen LogP) is 4.75. The van der Waals surface area contributed by atoms with E-state index in [-0.39, 0.29) is 6.10 Å². The molecule has 1 N–H and O–H groups in total. The van der Waals surface area contributed by atoms with E-state index >= 15 is 0 Å². The van der Waals surface area contributed by atoms with Crippen LogP contribution in [0.2, 0.25) is 0 Å². The van der Waals surface area contributed by atoms with Crippen molar-refractivity contribution in [3.05, 3.63) is 41.5 Å². The highest BCUT2D eigenvalue weighted by atomic mass is 16.5. The number of rotatable bonds is 1. The van der Waals surface area contributed by atoms with Crippen LogP contribution in [0.4, 0.5) is 0 Å². The third kappa shape index (κ3) is 2.30. The molecule has 1 aliphatic heterocycles. The molecular formula is C19H24O2. The molecule has 1 heterocycles. The van der Waals surface area contributed by atoms with Gasteiger partial charge in [0.2, 0.25) is 0 Å². The van der Waals surface area contributed by atoms with E-state index in [9.17, 15) is 5.11 Å². The summed E-state index contributed by atoms with van der Waals surface area (Å²) in [7, 11) is 0. The number of hydrogen-bond donors (Lipinski definition) is 1. The van der Waals surface area contributed by atoms with E-state index < -0.39 is 0 Å². The first-order valence-corrected chi connectivity index (χ1v) is 8.48. The summed E-state index contributed by atoms with van der Waals surface area (Å²) < 4.78 is 6.53. The zero-order valence-electron chi connectivity index (χ0n) is 12.5. The molecule has 0 bridgehead atoms. The van der Waals surface area contributed by atoms with Gasteiger partial charge in [0.1, 0.15) is 5.75 Å². The third-order valence-corrected chi connectivity index (χ3v) is 5.59. The molecule has 1 aromatic rings. The number of aromatic hydroxyl groups is 1. The van der Waals surface area contributed by atoms with Crippen molar-refractivity contribution in [2.45, 2.75) is 57.2 Å². The van der Waals surface area contributed by atoms with Gasteiger partial charge in [-0.1, -0.05) is 42.7 Å². The van der Waals surface area contributed by atoms with Crippen molar-refractivity contribution in [1.82, 2.24) is 0 Å². The molecule has 1 saturated heterocycles. The van der Waals surface area contributed by atoms with E-state index in [4.69, 9.17) is 4.74 Å². The van der Waals surface area contributed by atoms with Crippen molar-refractivity contribution < 1.29 is 9.84 Å². The maximum atomic E-state index is 10.2. The van der Waals surface area contributed by atoms with Crippen molar-refractivity contribution in [3.8, 4) is 5.75 Å². The van der Waals surface area contributed by atoms with Crippen LogP contribution < -0.4 is 0 Å². The van der Waals surface area contributed by atoms with Crippen molar-refractivity contribution in [2.75, 3.05) is 0 Å². The Hall–Kier alpha value is -1.28. The highest BCUT2D eigenvalue weighted by molar-refractivity contribution is 5.37. The zero-order chi connectivity index (χ0) is 14.2. The second kappa shape index (κ2) is 5.49. The monoisotopic (exact) mass is 284 g/mol. The number of allylic oxidation sites excluding steroid dienone is 1. The number of fused-ring (bicyclic) bond motifs is 3. The van der Waals surface area contributed by atoms with Gasteiger partial charge in [-0.2, -0.15) is 0 Å². The van der Waals surface area contributed by atoms with Gasteiger partial charge in [0.15, 0.2) is 0 Å². The molecule has 2 aliphatic carbocycles. The van der Waals surface area contributed by atoms with Crippen LogP contribution in [0.15, 0.2) is 35.9 Å². The van der Waals surface area contributed by atoms with Crippen molar-refractivity contribution >= 4 is 0 Å². The normalized spacial score (nSPS) is 35.5. The van der Waals surface area contributed by atoms with E-state index in [1.807, 2.05) is 18.2 Å². The smallest absolute Gasteiger partial charge is 0.121 e. The molecule has 3 aliphatic rings. The van der Waals surface area contributed by atoms with Gasteiger partial charge in [-0.25, -0.2) is 0 Å². The lowest BCUT2D eigenvalue weighted by Gasteiger charge is -2.47. The highest BCUT2D eigenvalue weighted by Gasteiger charge is 2.44. The van der Waals surface area contributed by atoms with Crippen LogP contribution in [0, 0.1) is 11.8 Å². The predicted molar refractivity (Wildman–Crippen MR) is 83.1 cm³/mol. The van der Waals surface area contributed by atoms with Gasteiger partial charge in [0, 0.05) is 17.4 Å². The van der Waals surface area contributed by atoms with Gasteiger partial charge in [-0.15, -0.1) is 0 Å². The first-order chi connectivity index (χ1) is 10.3. The van der Waals surface area contributed by atoms with Crippen LogP contribution in [0.1, 0.15) is 56.6 Å². The average Bonchev–Trinajstić information content (AvgIpc) is 2.55. The summed E-state index contributed by atoms with van der Waals surface area (Å²) in [6.45, 7) is 0. The molecule has 0 spiro atoms. The SMILES string of the molecule is Oc1ccccc1[C@@H]1O[C@H]2CCCC[C@H]2C2=CCCC[C@@H]21. The van der Waals surface area contributed by atoms with Gasteiger partial charge in [-0.05, 0) is 38.2 Å². The Morgan fingerprint density at radius 1 is 0.952 bits per heavy atom. The maximum Gasteiger partial charge on any atom is 0.121 e. The quantitative estimate of drug-likeness (QED) is 0.754. The number of hydrogen-bond acceptors (Lipinski definition) is 2. The fourth-order valence-electron chi connectivity index (χ4n) is 4.62. The van der Waals surface area contributed by atoms with Crippen LogP contribution >= 0.6 is 0 Å². The molecule has 0 amide bonds. The number of benzene rings is 1. The minimum absolute atomic E-state index is 0.0529. The standard InChI is InChI=1S/C19H24O2/c20-17-11-5-3-10-16(17)19-15-9-2-1-7-13(15)14-8-4-6-12-18(14)21-19/h3,5,7,10-11,14-15,18-20H,1-2,4,6,8-9,12H2/t14-,15-,18-,19+/m0/s1. The summed E-state index contributed by atoms with van der Waals surface area (Å²) in [6, 6.07) is 7.73. The summed E-state index contributed by atoms with van der Waals surface area (Å²) in [6.07, 6.45) is 11.7. The van der Waals surface area contributed by atoms with Crippen molar-refractivity contribution in [1.29, 1.82) is 0 Å². The number of phenolic OH excluding ortho intramolecular Hbond substituents is 1. The molecule has 4 rings (SSSR count). The Morgan fingerprint density at radius 2 is 1.76 bits per heavy atom. The van der Waals surface area contributed by atoms with Gasteiger partial charge in [-0.3, -0.25) is 0 Å². The first-order valence-electron chi connectivity index (χ1n) is 8.48. The lowest BCUT2D eigenvalue weighted by molar-refractivity contribution is -0.107. The van der Waals surface area contributed by atoms with Crippen LogP contribution in [0.3, 0.4) is 0 Å². The number of para-hydroxylation sites is 1. The molecular weight excluding hydrogens is 260 g/mol. The molecule has 1 saturated carbocycles. The Morgan fingerprint density at radius 3 is 2.67 bits per heavy atom. The first kappa shape index (κ1) is 13.4. The summed E-state index contributed by atoms with van der Waals surface area (Å²) in [4.78, 5) is 0. The molecule has 112 valence electrons. The fraction of sp³-hybridized carbons (Fsp3) is 0.579. The Labute approximate surface area is 126 Å². The second-order valence-electron chi connectivity index (χ2n) is 6.79. The van der Waals surface area contributed by atoms with E-state index in [2.05, 4.69) is 6.08 Å². The number of phenols is 1. The van der Waals surface area contributed by atoms with Gasteiger partial charge in [0.25, 0.3) is 0 Å². The molecule has 1 aromatic carbocycles. The summed E-state index contributed by atoms with van der Waals surface area (Å²) in [5.41, 5.74) is 2.63. The zero-order valence-corrected chi connectivity index (χ0v) is 12.5. The van der Waals surface area contributed by atoms with Gasteiger partial charge in [0.05, 0.1) is 12.2 Å². The largest absolute Gasteiger partial charge is 0.508 e. The van der Waals surface area contributed by atoms with Crippen molar-refractivity contribution in [3.63, 3.8) is 0 Å². The highest BCUT2D eigenvalue weighted by Crippen LogP contribution is 2.52. The van der Waals surface area contributed by atoms with Crippen LogP contribution in [-0.2, 0) is 4.74 Å². The van der Waals surface area contributed by atoms with Gasteiger partial charge < -0.3 is 9.84 Å². The summed E-state index contributed by atoms with van der Waals surface area (Å²) in [5.74, 6) is 1.51. The van der Waals surface area contributed by atoms with Crippen LogP contribution in [-0.4, -0.2) is 11.2 Å². The molecule has 2 heteroatoms. The maximum absolute atomic E-state index is 10.2. The molecule has 21 heavy (non-hydrogen) atoms. The van der Waals surface area contributed by atoms with E-state index in [0.717, 1.165) is 5.56 Å². The number of ether oxygens (including phenoxy) is 1. The average molecular weight is 284 g/mol. The summed E-state index contributed by atoms with van der Waals surface area (Å²) >= 11 is 0. The minimum Gasteiger partial charge on any atom is -0.508 e. The molecule has 2 nitrogen and oxygen atoms in total. The molecule has 0 aromatic heterocycles. The third-order valence-electron chi connectivity index (χ3n) is 5.59. The molecule has 0 radical (unpaired) electrons. The minimum atomic E-state index is 0.0529. The van der Waals surface area contributed by atoms with Gasteiger partial charge >= 0.3 is 0 Å².